The topological polar surface area (TPSA) is 89.4 Å². The number of ether oxygens (including phenoxy) is 1. The minimum atomic E-state index is -0.415. The van der Waals surface area contributed by atoms with Gasteiger partial charge in [0, 0.05) is 12.5 Å². The van der Waals surface area contributed by atoms with Gasteiger partial charge in [0.15, 0.2) is 0 Å². The molecule has 0 radical (unpaired) electrons. The number of aryl methyl sites for hydroxylation is 1. The molecule has 0 aliphatic carbocycles. The van der Waals surface area contributed by atoms with Crippen molar-refractivity contribution in [2.24, 2.45) is 5.92 Å². The van der Waals surface area contributed by atoms with E-state index in [9.17, 15) is 9.59 Å². The number of hydrogen-bond acceptors (Lipinski definition) is 5. The quantitative estimate of drug-likeness (QED) is 0.807. The molecule has 4 rings (SSSR count). The van der Waals surface area contributed by atoms with Gasteiger partial charge in [0.1, 0.15) is 11.3 Å². The van der Waals surface area contributed by atoms with Gasteiger partial charge in [0.25, 0.3) is 0 Å². The van der Waals surface area contributed by atoms with Crippen LogP contribution in [-0.4, -0.2) is 50.4 Å². The lowest BCUT2D eigenvalue weighted by Gasteiger charge is -2.34. The molecule has 0 saturated carbocycles. The van der Waals surface area contributed by atoms with E-state index < -0.39 is 5.60 Å². The van der Waals surface area contributed by atoms with Crippen molar-refractivity contribution in [1.29, 1.82) is 0 Å². The van der Waals surface area contributed by atoms with E-state index in [1.54, 1.807) is 0 Å². The highest BCUT2D eigenvalue weighted by molar-refractivity contribution is 5.79. The molecule has 8 nitrogen and oxygen atoms in total. The maximum Gasteiger partial charge on any atom is 0.227 e. The molecule has 1 unspecified atom stereocenters. The fourth-order valence-electron chi connectivity index (χ4n) is 4.00. The normalized spacial score (nSPS) is 20.6. The van der Waals surface area contributed by atoms with Crippen LogP contribution in [0.25, 0.3) is 0 Å². The van der Waals surface area contributed by atoms with Crippen LogP contribution in [0.4, 0.5) is 0 Å². The van der Waals surface area contributed by atoms with Crippen LogP contribution in [0, 0.1) is 12.8 Å². The van der Waals surface area contributed by atoms with Crippen LogP contribution >= 0.6 is 0 Å². The smallest absolute Gasteiger partial charge is 0.227 e. The fourth-order valence-corrected chi connectivity index (χ4v) is 4.00. The highest BCUT2D eigenvalue weighted by Crippen LogP contribution is 2.33. The Morgan fingerprint density at radius 1 is 1.23 bits per heavy atom. The zero-order chi connectivity index (χ0) is 21.3. The molecule has 1 aromatic carbocycles. The van der Waals surface area contributed by atoms with Crippen molar-refractivity contribution in [2.75, 3.05) is 13.1 Å². The Morgan fingerprint density at radius 2 is 2.00 bits per heavy atom. The third-order valence-corrected chi connectivity index (χ3v) is 5.97. The van der Waals surface area contributed by atoms with Gasteiger partial charge < -0.3 is 15.0 Å². The molecule has 1 saturated heterocycles. The van der Waals surface area contributed by atoms with Gasteiger partial charge >= 0.3 is 0 Å². The Bertz CT molecular complexity index is 937. The summed E-state index contributed by atoms with van der Waals surface area (Å²) in [6, 6.07) is 8.09. The molecule has 1 aromatic heterocycles. The molecule has 1 N–H and O–H groups in total. The maximum absolute atomic E-state index is 12.8. The van der Waals surface area contributed by atoms with E-state index in [4.69, 9.17) is 4.74 Å². The summed E-state index contributed by atoms with van der Waals surface area (Å²) in [5.74, 6) is 0.0436. The second-order valence-corrected chi connectivity index (χ2v) is 8.71. The molecule has 3 heterocycles. The third kappa shape index (κ3) is 4.23. The highest BCUT2D eigenvalue weighted by Gasteiger charge is 2.44. The van der Waals surface area contributed by atoms with Crippen LogP contribution in [-0.2, 0) is 40.4 Å². The average Bonchev–Trinajstić information content (AvgIpc) is 3.32. The maximum atomic E-state index is 12.8. The van der Waals surface area contributed by atoms with Crippen molar-refractivity contribution in [2.45, 2.75) is 58.9 Å². The van der Waals surface area contributed by atoms with E-state index in [-0.39, 0.29) is 17.7 Å². The summed E-state index contributed by atoms with van der Waals surface area (Å²) < 4.78 is 8.11. The summed E-state index contributed by atoms with van der Waals surface area (Å²) in [6.45, 7) is 8.32. The van der Waals surface area contributed by atoms with Crippen LogP contribution < -0.4 is 5.32 Å². The number of hydrogen-bond donors (Lipinski definition) is 1. The first-order valence-corrected chi connectivity index (χ1v) is 10.5. The lowest BCUT2D eigenvalue weighted by Crippen LogP contribution is -2.45. The van der Waals surface area contributed by atoms with Gasteiger partial charge in [0.2, 0.25) is 11.8 Å². The monoisotopic (exact) mass is 411 g/mol. The number of benzene rings is 1. The number of carbonyl (C=O) groups is 2. The van der Waals surface area contributed by atoms with Gasteiger partial charge in [-0.2, -0.15) is 0 Å². The van der Waals surface area contributed by atoms with Gasteiger partial charge in [-0.1, -0.05) is 48.9 Å². The minimum Gasteiger partial charge on any atom is -0.365 e. The summed E-state index contributed by atoms with van der Waals surface area (Å²) in [6.07, 6.45) is 1.19. The van der Waals surface area contributed by atoms with Gasteiger partial charge in [-0.25, -0.2) is 4.68 Å². The molecule has 160 valence electrons. The zero-order valence-corrected chi connectivity index (χ0v) is 17.9. The van der Waals surface area contributed by atoms with E-state index in [1.165, 1.54) is 5.56 Å². The number of amides is 2. The molecule has 2 amide bonds. The van der Waals surface area contributed by atoms with Crippen molar-refractivity contribution in [3.63, 3.8) is 0 Å². The molecular weight excluding hydrogens is 382 g/mol. The molecule has 1 fully saturated rings. The van der Waals surface area contributed by atoms with E-state index in [2.05, 4.69) is 15.6 Å². The zero-order valence-electron chi connectivity index (χ0n) is 17.9. The highest BCUT2D eigenvalue weighted by atomic mass is 16.5. The molecule has 2 aliphatic heterocycles. The Kier molecular flexibility index (Phi) is 5.60. The summed E-state index contributed by atoms with van der Waals surface area (Å²) in [5.41, 5.74) is 3.44. The lowest BCUT2D eigenvalue weighted by molar-refractivity contribution is -0.132. The molecular formula is C22H29N5O3. The van der Waals surface area contributed by atoms with E-state index in [0.717, 1.165) is 23.4 Å². The lowest BCUT2D eigenvalue weighted by atomic mass is 10.0. The molecule has 2 aromatic rings. The Balaban J connectivity index is 1.37. The number of carbonyl (C=O) groups excluding carboxylic acids is 2. The van der Waals surface area contributed by atoms with E-state index >= 15 is 0 Å². The molecule has 0 bridgehead atoms. The minimum absolute atomic E-state index is 0.0107. The van der Waals surface area contributed by atoms with Crippen LogP contribution in [0.1, 0.15) is 42.8 Å². The Labute approximate surface area is 176 Å². The van der Waals surface area contributed by atoms with Crippen LogP contribution in [0.5, 0.6) is 0 Å². The summed E-state index contributed by atoms with van der Waals surface area (Å²) in [5, 5.41) is 11.4. The first kappa shape index (κ1) is 20.5. The first-order chi connectivity index (χ1) is 14.3. The fraction of sp³-hybridized carbons (Fsp3) is 0.545. The largest absolute Gasteiger partial charge is 0.365 e. The Hall–Kier alpha value is -2.74. The molecule has 8 heteroatoms. The van der Waals surface area contributed by atoms with Gasteiger partial charge in [0.05, 0.1) is 38.4 Å². The van der Waals surface area contributed by atoms with E-state index in [0.29, 0.717) is 39.2 Å². The molecule has 1 atom stereocenters. The number of rotatable bonds is 5. The number of nitrogens with zero attached hydrogens (tertiary/aromatic N) is 4. The molecule has 2 aliphatic rings. The average molecular weight is 412 g/mol. The first-order valence-electron chi connectivity index (χ1n) is 10.5. The summed E-state index contributed by atoms with van der Waals surface area (Å²) >= 11 is 0. The standard InChI is InChI=1S/C22H29N5O3/c1-15(2)21(29)23-11-18-19-12-30-22(14-27(19)25-24-18)8-9-26(13-22)20(28)10-17-6-4-16(3)5-7-17/h4-7,15H,8-14H2,1-3H3,(H,23,29). The number of fused-ring (bicyclic) bond motifs is 1. The van der Waals surface area contributed by atoms with Crippen LogP contribution in [0.15, 0.2) is 24.3 Å². The van der Waals surface area contributed by atoms with Crippen molar-refractivity contribution in [1.82, 2.24) is 25.2 Å². The van der Waals surface area contributed by atoms with E-state index in [1.807, 2.05) is 54.6 Å². The van der Waals surface area contributed by atoms with Crippen LogP contribution in [0.2, 0.25) is 0 Å². The second-order valence-electron chi connectivity index (χ2n) is 8.71. The third-order valence-electron chi connectivity index (χ3n) is 5.97. The predicted molar refractivity (Wildman–Crippen MR) is 110 cm³/mol. The van der Waals surface area contributed by atoms with Crippen molar-refractivity contribution >= 4 is 11.8 Å². The molecule has 1 spiro atoms. The predicted octanol–water partition coefficient (Wildman–Crippen LogP) is 1.60. The second kappa shape index (κ2) is 8.18. The Morgan fingerprint density at radius 3 is 2.73 bits per heavy atom. The SMILES string of the molecule is Cc1ccc(CC(=O)N2CCC3(C2)Cn2nnc(CNC(=O)C(C)C)c2CO3)cc1. The number of aromatic nitrogens is 3. The number of likely N-dealkylation sites (tertiary alicyclic amines) is 1. The van der Waals surface area contributed by atoms with Crippen molar-refractivity contribution in [3.8, 4) is 0 Å². The van der Waals surface area contributed by atoms with Gasteiger partial charge in [-0.15, -0.1) is 5.10 Å². The summed E-state index contributed by atoms with van der Waals surface area (Å²) in [4.78, 5) is 26.5. The van der Waals surface area contributed by atoms with Crippen LogP contribution in [0.3, 0.4) is 0 Å². The van der Waals surface area contributed by atoms with Gasteiger partial charge in [-0.05, 0) is 18.9 Å². The van der Waals surface area contributed by atoms with Gasteiger partial charge in [-0.3, -0.25) is 9.59 Å². The van der Waals surface area contributed by atoms with Crippen molar-refractivity contribution < 1.29 is 14.3 Å². The number of nitrogens with one attached hydrogen (secondary N) is 1. The molecule has 30 heavy (non-hydrogen) atoms. The summed E-state index contributed by atoms with van der Waals surface area (Å²) in [7, 11) is 0. The van der Waals surface area contributed by atoms with Crippen molar-refractivity contribution in [3.05, 3.63) is 46.8 Å².